The molecule has 3 N–H and O–H groups in total. The lowest BCUT2D eigenvalue weighted by atomic mass is 10.00. The van der Waals surface area contributed by atoms with Crippen molar-refractivity contribution >= 4 is 0 Å². The van der Waals surface area contributed by atoms with Crippen molar-refractivity contribution in [2.24, 2.45) is 5.73 Å². The van der Waals surface area contributed by atoms with Crippen molar-refractivity contribution in [3.05, 3.63) is 29.6 Å². The quantitative estimate of drug-likeness (QED) is 0.801. The zero-order valence-electron chi connectivity index (χ0n) is 10.7. The van der Waals surface area contributed by atoms with Gasteiger partial charge in [0.1, 0.15) is 0 Å². The van der Waals surface area contributed by atoms with Crippen molar-refractivity contribution in [2.45, 2.75) is 31.8 Å². The summed E-state index contributed by atoms with van der Waals surface area (Å²) in [4.78, 5) is 0. The van der Waals surface area contributed by atoms with Crippen LogP contribution >= 0.6 is 0 Å². The van der Waals surface area contributed by atoms with Crippen molar-refractivity contribution in [1.82, 2.24) is 5.32 Å². The second kappa shape index (κ2) is 6.57. The number of hydrogen-bond donors (Lipinski definition) is 2. The third-order valence-corrected chi connectivity index (χ3v) is 2.84. The topological polar surface area (TPSA) is 47.3 Å². The van der Waals surface area contributed by atoms with Gasteiger partial charge in [-0.3, -0.25) is 0 Å². The predicted molar refractivity (Wildman–Crippen MR) is 67.6 cm³/mol. The smallest absolute Gasteiger partial charge is 0.165 e. The molecular weight excluding hydrogens is 219 g/mol. The minimum Gasteiger partial charge on any atom is -0.494 e. The number of hydrogen-bond acceptors (Lipinski definition) is 3. The molecule has 0 saturated carbocycles. The molecule has 4 heteroatoms. The summed E-state index contributed by atoms with van der Waals surface area (Å²) >= 11 is 0. The second-order valence-electron chi connectivity index (χ2n) is 4.29. The van der Waals surface area contributed by atoms with Gasteiger partial charge >= 0.3 is 0 Å². The van der Waals surface area contributed by atoms with Gasteiger partial charge < -0.3 is 15.8 Å². The maximum atomic E-state index is 13.6. The Labute approximate surface area is 102 Å². The Kier molecular flexibility index (Phi) is 5.38. The number of nitrogens with one attached hydrogen (secondary N) is 1. The third kappa shape index (κ3) is 3.98. The van der Waals surface area contributed by atoms with E-state index < -0.39 is 0 Å². The normalized spacial score (nSPS) is 14.4. The summed E-state index contributed by atoms with van der Waals surface area (Å²) in [5, 5.41) is 3.18. The SMILES string of the molecule is CNC(CCC(C)N)c1ccc(OC)c(F)c1. The van der Waals surface area contributed by atoms with E-state index in [0.717, 1.165) is 18.4 Å². The Balaban J connectivity index is 2.78. The van der Waals surface area contributed by atoms with E-state index in [9.17, 15) is 4.39 Å². The molecule has 0 aliphatic carbocycles. The van der Waals surface area contributed by atoms with Crippen molar-refractivity contribution in [1.29, 1.82) is 0 Å². The van der Waals surface area contributed by atoms with Crippen LogP contribution < -0.4 is 15.8 Å². The van der Waals surface area contributed by atoms with Crippen LogP contribution in [0, 0.1) is 5.82 Å². The van der Waals surface area contributed by atoms with E-state index in [1.165, 1.54) is 13.2 Å². The van der Waals surface area contributed by atoms with E-state index >= 15 is 0 Å². The van der Waals surface area contributed by atoms with E-state index in [1.807, 2.05) is 20.0 Å². The maximum absolute atomic E-state index is 13.6. The van der Waals surface area contributed by atoms with Crippen molar-refractivity contribution < 1.29 is 9.13 Å². The lowest BCUT2D eigenvalue weighted by Gasteiger charge is -2.18. The molecule has 2 atom stereocenters. The minimum absolute atomic E-state index is 0.126. The molecule has 0 radical (unpaired) electrons. The maximum Gasteiger partial charge on any atom is 0.165 e. The predicted octanol–water partition coefficient (Wildman–Crippen LogP) is 2.22. The molecule has 3 nitrogen and oxygen atoms in total. The third-order valence-electron chi connectivity index (χ3n) is 2.84. The number of halogens is 1. The van der Waals surface area contributed by atoms with Gasteiger partial charge in [-0.05, 0) is 44.5 Å². The highest BCUT2D eigenvalue weighted by Crippen LogP contribution is 2.24. The molecule has 0 heterocycles. The molecule has 0 fully saturated rings. The highest BCUT2D eigenvalue weighted by molar-refractivity contribution is 5.31. The van der Waals surface area contributed by atoms with Crippen LogP contribution in [-0.4, -0.2) is 20.2 Å². The van der Waals surface area contributed by atoms with Crippen LogP contribution in [0.2, 0.25) is 0 Å². The van der Waals surface area contributed by atoms with Gasteiger partial charge in [0.2, 0.25) is 0 Å². The summed E-state index contributed by atoms with van der Waals surface area (Å²) in [6.07, 6.45) is 1.79. The summed E-state index contributed by atoms with van der Waals surface area (Å²) in [5.74, 6) is -0.0538. The molecule has 0 aliphatic heterocycles. The fraction of sp³-hybridized carbons (Fsp3) is 0.538. The lowest BCUT2D eigenvalue weighted by Crippen LogP contribution is -2.21. The summed E-state index contributed by atoms with van der Waals surface area (Å²) in [5.41, 5.74) is 6.65. The van der Waals surface area contributed by atoms with E-state index in [0.29, 0.717) is 0 Å². The van der Waals surface area contributed by atoms with Crippen LogP contribution in [0.1, 0.15) is 31.4 Å². The van der Waals surface area contributed by atoms with Crippen molar-refractivity contribution in [2.75, 3.05) is 14.2 Å². The number of nitrogens with two attached hydrogens (primary N) is 1. The van der Waals surface area contributed by atoms with Crippen molar-refractivity contribution in [3.63, 3.8) is 0 Å². The molecule has 1 aromatic rings. The van der Waals surface area contributed by atoms with Gasteiger partial charge in [0.25, 0.3) is 0 Å². The summed E-state index contributed by atoms with van der Waals surface area (Å²) in [7, 11) is 3.33. The Morgan fingerprint density at radius 1 is 1.41 bits per heavy atom. The molecule has 0 aromatic heterocycles. The van der Waals surface area contributed by atoms with Crippen LogP contribution in [0.5, 0.6) is 5.75 Å². The van der Waals surface area contributed by atoms with Crippen LogP contribution in [0.15, 0.2) is 18.2 Å². The van der Waals surface area contributed by atoms with E-state index in [4.69, 9.17) is 10.5 Å². The zero-order chi connectivity index (χ0) is 12.8. The average Bonchev–Trinajstić information content (AvgIpc) is 2.29. The van der Waals surface area contributed by atoms with Crippen LogP contribution in [0.25, 0.3) is 0 Å². The molecule has 0 amide bonds. The minimum atomic E-state index is -0.328. The van der Waals surface area contributed by atoms with E-state index in [-0.39, 0.29) is 23.7 Å². The summed E-state index contributed by atoms with van der Waals surface area (Å²) in [6.45, 7) is 1.97. The Morgan fingerprint density at radius 2 is 2.12 bits per heavy atom. The lowest BCUT2D eigenvalue weighted by molar-refractivity contribution is 0.385. The molecule has 0 bridgehead atoms. The Bertz CT molecular complexity index is 355. The van der Waals surface area contributed by atoms with E-state index in [2.05, 4.69) is 5.32 Å². The van der Waals surface area contributed by atoms with Gasteiger partial charge in [-0.25, -0.2) is 4.39 Å². The molecule has 0 aliphatic rings. The fourth-order valence-corrected chi connectivity index (χ4v) is 1.81. The van der Waals surface area contributed by atoms with Gasteiger partial charge in [0.15, 0.2) is 11.6 Å². The largest absolute Gasteiger partial charge is 0.494 e. The summed E-state index contributed by atoms with van der Waals surface area (Å²) in [6, 6.07) is 5.34. The highest BCUT2D eigenvalue weighted by atomic mass is 19.1. The number of benzene rings is 1. The molecular formula is C13H21FN2O. The highest BCUT2D eigenvalue weighted by Gasteiger charge is 2.12. The average molecular weight is 240 g/mol. The van der Waals surface area contributed by atoms with Gasteiger partial charge in [0.05, 0.1) is 7.11 Å². The monoisotopic (exact) mass is 240 g/mol. The Hall–Kier alpha value is -1.13. The second-order valence-corrected chi connectivity index (χ2v) is 4.29. The number of rotatable bonds is 6. The first-order valence-electron chi connectivity index (χ1n) is 5.84. The fourth-order valence-electron chi connectivity index (χ4n) is 1.81. The zero-order valence-corrected chi connectivity index (χ0v) is 10.7. The van der Waals surface area contributed by atoms with Gasteiger partial charge in [0, 0.05) is 12.1 Å². The molecule has 96 valence electrons. The molecule has 17 heavy (non-hydrogen) atoms. The first-order valence-corrected chi connectivity index (χ1v) is 5.84. The molecule has 1 rings (SSSR count). The number of methoxy groups -OCH3 is 1. The molecule has 2 unspecified atom stereocenters. The Morgan fingerprint density at radius 3 is 2.59 bits per heavy atom. The first-order chi connectivity index (χ1) is 8.08. The van der Waals surface area contributed by atoms with Gasteiger partial charge in [-0.1, -0.05) is 6.07 Å². The van der Waals surface area contributed by atoms with Gasteiger partial charge in [-0.2, -0.15) is 0 Å². The van der Waals surface area contributed by atoms with Crippen LogP contribution in [-0.2, 0) is 0 Å². The standard InChI is InChI=1S/C13H21FN2O/c1-9(15)4-6-12(16-2)10-5-7-13(17-3)11(14)8-10/h5,7-9,12,16H,4,6,15H2,1-3H3. The van der Waals surface area contributed by atoms with Crippen LogP contribution in [0.4, 0.5) is 4.39 Å². The summed E-state index contributed by atoms with van der Waals surface area (Å²) < 4.78 is 18.5. The van der Waals surface area contributed by atoms with Gasteiger partial charge in [-0.15, -0.1) is 0 Å². The van der Waals surface area contributed by atoms with E-state index in [1.54, 1.807) is 6.07 Å². The molecule has 1 aromatic carbocycles. The molecule has 0 saturated heterocycles. The number of ether oxygens (including phenoxy) is 1. The first kappa shape index (κ1) is 13.9. The molecule has 0 spiro atoms. The van der Waals surface area contributed by atoms with Crippen LogP contribution in [0.3, 0.4) is 0 Å². The van der Waals surface area contributed by atoms with Crippen molar-refractivity contribution in [3.8, 4) is 5.75 Å².